The van der Waals surface area contributed by atoms with Gasteiger partial charge in [-0.2, -0.15) is 0 Å². The molecule has 1 heterocycles. The van der Waals surface area contributed by atoms with Gasteiger partial charge < -0.3 is 10.2 Å². The number of carbonyl (C=O) groups is 1. The van der Waals surface area contributed by atoms with E-state index in [4.69, 9.17) is 0 Å². The van der Waals surface area contributed by atoms with Gasteiger partial charge in [-0.05, 0) is 18.1 Å². The number of nitrogens with one attached hydrogen (secondary N) is 1. The molecule has 150 valence electrons. The lowest BCUT2D eigenvalue weighted by Crippen LogP contribution is -2.35. The molecule has 0 saturated carbocycles. The van der Waals surface area contributed by atoms with Gasteiger partial charge in [-0.3, -0.25) is 4.79 Å². The average molecular weight is 425 g/mol. The fourth-order valence-electron chi connectivity index (χ4n) is 2.77. The zero-order valence-electron chi connectivity index (χ0n) is 16.3. The maximum atomic E-state index is 13.3. The highest BCUT2D eigenvalue weighted by Gasteiger charge is 2.23. The molecule has 5 nitrogen and oxygen atoms in total. The molecule has 0 spiro atoms. The first-order chi connectivity index (χ1) is 14.2. The normalized spacial score (nSPS) is 11.6. The van der Waals surface area contributed by atoms with Gasteiger partial charge in [0.2, 0.25) is 11.0 Å². The minimum absolute atomic E-state index is 0.0820. The largest absolute Gasteiger partial charge is 0.357 e. The molecule has 0 radical (unpaired) electrons. The van der Waals surface area contributed by atoms with E-state index < -0.39 is 0 Å². The summed E-state index contributed by atoms with van der Waals surface area (Å²) >= 11 is 2.89. The van der Waals surface area contributed by atoms with Crippen LogP contribution in [0, 0.1) is 0 Å². The number of anilines is 1. The maximum Gasteiger partial charge on any atom is 0.236 e. The molecule has 1 N–H and O–H groups in total. The number of rotatable bonds is 10. The predicted molar refractivity (Wildman–Crippen MR) is 121 cm³/mol. The summed E-state index contributed by atoms with van der Waals surface area (Å²) in [6, 6.07) is 20.1. The zero-order valence-corrected chi connectivity index (χ0v) is 18.0. The summed E-state index contributed by atoms with van der Waals surface area (Å²) in [5, 5.41) is 11.9. The molecule has 0 bridgehead atoms. The molecule has 0 saturated heterocycles. The molecule has 1 atom stereocenters. The Labute approximate surface area is 179 Å². The molecule has 0 fully saturated rings. The molecule has 3 rings (SSSR count). The van der Waals surface area contributed by atoms with Gasteiger partial charge in [0.1, 0.15) is 0 Å². The van der Waals surface area contributed by atoms with E-state index in [-0.39, 0.29) is 11.2 Å². The molecule has 0 aliphatic heterocycles. The Kier molecular flexibility index (Phi) is 7.84. The van der Waals surface area contributed by atoms with Gasteiger partial charge >= 0.3 is 0 Å². The zero-order chi connectivity index (χ0) is 20.5. The van der Waals surface area contributed by atoms with Crippen molar-refractivity contribution in [3.8, 4) is 0 Å². The molecule has 2 aromatic carbocycles. The summed E-state index contributed by atoms with van der Waals surface area (Å²) in [6.07, 6.45) is 1.77. The molecule has 29 heavy (non-hydrogen) atoms. The molecule has 1 amide bonds. The molecule has 0 aliphatic rings. The fourth-order valence-corrected chi connectivity index (χ4v) is 4.75. The number of amides is 1. The minimum atomic E-state index is -0.261. The standard InChI is InChI=1S/C22H24N4OS2/c1-3-14-23-21-24-25-22(29-21)28-17(2)20(27)26(15-18-10-6-4-7-11-18)16-19-12-8-5-9-13-19/h3-13,17H,1,14-16H2,2H3,(H,23,24). The first-order valence-corrected chi connectivity index (χ1v) is 11.1. The van der Waals surface area contributed by atoms with Crippen LogP contribution in [0.5, 0.6) is 0 Å². The van der Waals surface area contributed by atoms with E-state index in [1.807, 2.05) is 72.5 Å². The Hall–Kier alpha value is -2.64. The summed E-state index contributed by atoms with van der Waals surface area (Å²) < 4.78 is 0.775. The lowest BCUT2D eigenvalue weighted by atomic mass is 10.1. The van der Waals surface area contributed by atoms with Crippen molar-refractivity contribution in [1.82, 2.24) is 15.1 Å². The van der Waals surface area contributed by atoms with E-state index in [1.54, 1.807) is 6.08 Å². The molecular formula is C22H24N4OS2. The number of aromatic nitrogens is 2. The third kappa shape index (κ3) is 6.44. The molecule has 1 aromatic heterocycles. The average Bonchev–Trinajstić information content (AvgIpc) is 3.20. The third-order valence-electron chi connectivity index (χ3n) is 4.17. The second kappa shape index (κ2) is 10.8. The molecule has 1 unspecified atom stereocenters. The van der Waals surface area contributed by atoms with Gasteiger partial charge in [-0.25, -0.2) is 0 Å². The van der Waals surface area contributed by atoms with Crippen LogP contribution in [-0.2, 0) is 17.9 Å². The van der Waals surface area contributed by atoms with Gasteiger partial charge in [-0.1, -0.05) is 89.8 Å². The van der Waals surface area contributed by atoms with E-state index >= 15 is 0 Å². The topological polar surface area (TPSA) is 58.1 Å². The van der Waals surface area contributed by atoms with Gasteiger partial charge in [0, 0.05) is 19.6 Å². The summed E-state index contributed by atoms with van der Waals surface area (Å²) in [5.74, 6) is 0.0820. The summed E-state index contributed by atoms with van der Waals surface area (Å²) in [4.78, 5) is 15.2. The van der Waals surface area contributed by atoms with Crippen LogP contribution in [0.15, 0.2) is 77.7 Å². The Morgan fingerprint density at radius 3 is 2.24 bits per heavy atom. The number of carbonyl (C=O) groups excluding carboxylic acids is 1. The third-order valence-corrected chi connectivity index (χ3v) is 6.23. The van der Waals surface area contributed by atoms with Crippen LogP contribution < -0.4 is 5.32 Å². The molecule has 0 aliphatic carbocycles. The van der Waals surface area contributed by atoms with Crippen LogP contribution in [0.3, 0.4) is 0 Å². The quantitative estimate of drug-likeness (QED) is 0.373. The van der Waals surface area contributed by atoms with Crippen LogP contribution in [0.25, 0.3) is 0 Å². The second-order valence-electron chi connectivity index (χ2n) is 6.47. The van der Waals surface area contributed by atoms with Crippen molar-refractivity contribution in [2.75, 3.05) is 11.9 Å². The van der Waals surface area contributed by atoms with Crippen molar-refractivity contribution in [3.05, 3.63) is 84.4 Å². The van der Waals surface area contributed by atoms with Crippen molar-refractivity contribution < 1.29 is 4.79 Å². The first-order valence-electron chi connectivity index (χ1n) is 9.37. The SMILES string of the molecule is C=CCNc1nnc(SC(C)C(=O)N(Cc2ccccc2)Cc2ccccc2)s1. The van der Waals surface area contributed by atoms with Gasteiger partial charge in [0.25, 0.3) is 0 Å². The van der Waals surface area contributed by atoms with Crippen LogP contribution in [-0.4, -0.2) is 32.8 Å². The second-order valence-corrected chi connectivity index (χ2v) is 9.03. The van der Waals surface area contributed by atoms with E-state index in [0.717, 1.165) is 20.6 Å². The Balaban J connectivity index is 1.70. The Morgan fingerprint density at radius 1 is 1.10 bits per heavy atom. The summed E-state index contributed by atoms with van der Waals surface area (Å²) in [5.41, 5.74) is 2.22. The van der Waals surface area contributed by atoms with Crippen molar-refractivity contribution in [1.29, 1.82) is 0 Å². The Morgan fingerprint density at radius 2 is 1.69 bits per heavy atom. The van der Waals surface area contributed by atoms with E-state index in [2.05, 4.69) is 22.1 Å². The van der Waals surface area contributed by atoms with Crippen LogP contribution >= 0.6 is 23.1 Å². The summed E-state index contributed by atoms with van der Waals surface area (Å²) in [6.45, 7) is 7.38. The predicted octanol–water partition coefficient (Wildman–Crippen LogP) is 4.85. The molecule has 3 aromatic rings. The van der Waals surface area contributed by atoms with Crippen LogP contribution in [0.1, 0.15) is 18.1 Å². The minimum Gasteiger partial charge on any atom is -0.357 e. The van der Waals surface area contributed by atoms with E-state index in [9.17, 15) is 4.79 Å². The van der Waals surface area contributed by atoms with Gasteiger partial charge in [0.15, 0.2) is 4.34 Å². The molecule has 7 heteroatoms. The smallest absolute Gasteiger partial charge is 0.236 e. The molecular weight excluding hydrogens is 400 g/mol. The number of hydrogen-bond acceptors (Lipinski definition) is 6. The van der Waals surface area contributed by atoms with Gasteiger partial charge in [-0.15, -0.1) is 16.8 Å². The lowest BCUT2D eigenvalue weighted by Gasteiger charge is -2.25. The van der Waals surface area contributed by atoms with E-state index in [0.29, 0.717) is 19.6 Å². The Bertz CT molecular complexity index is 873. The number of hydrogen-bond donors (Lipinski definition) is 1. The van der Waals surface area contributed by atoms with Crippen molar-refractivity contribution in [2.45, 2.75) is 29.6 Å². The first kappa shape index (κ1) is 21.1. The van der Waals surface area contributed by atoms with Crippen molar-refractivity contribution >= 4 is 34.1 Å². The number of thioether (sulfide) groups is 1. The van der Waals surface area contributed by atoms with Gasteiger partial charge in [0.05, 0.1) is 5.25 Å². The maximum absolute atomic E-state index is 13.3. The highest BCUT2D eigenvalue weighted by atomic mass is 32.2. The van der Waals surface area contributed by atoms with Crippen LogP contribution in [0.2, 0.25) is 0 Å². The fraction of sp³-hybridized carbons (Fsp3) is 0.227. The summed E-state index contributed by atoms with van der Waals surface area (Å²) in [7, 11) is 0. The van der Waals surface area contributed by atoms with Crippen molar-refractivity contribution in [3.63, 3.8) is 0 Å². The highest BCUT2D eigenvalue weighted by Crippen LogP contribution is 2.30. The lowest BCUT2D eigenvalue weighted by molar-refractivity contribution is -0.131. The van der Waals surface area contributed by atoms with Crippen LogP contribution in [0.4, 0.5) is 5.13 Å². The van der Waals surface area contributed by atoms with E-state index in [1.165, 1.54) is 23.1 Å². The number of nitrogens with zero attached hydrogens (tertiary/aromatic N) is 3. The number of benzene rings is 2. The highest BCUT2D eigenvalue weighted by molar-refractivity contribution is 8.02. The van der Waals surface area contributed by atoms with Crippen molar-refractivity contribution in [2.24, 2.45) is 0 Å². The monoisotopic (exact) mass is 424 g/mol.